The number of hydrogen-bond acceptors (Lipinski definition) is 2. The number of benzene rings is 2. The molecule has 0 amide bonds. The van der Waals surface area contributed by atoms with Crippen molar-refractivity contribution in [2.75, 3.05) is 19.6 Å². The third kappa shape index (κ3) is 3.44. The molecule has 108 valence electrons. The lowest BCUT2D eigenvalue weighted by Gasteiger charge is -2.31. The molecule has 21 heavy (non-hydrogen) atoms. The van der Waals surface area contributed by atoms with Gasteiger partial charge in [-0.2, -0.15) is 0 Å². The second-order valence-electron chi connectivity index (χ2n) is 5.77. The van der Waals surface area contributed by atoms with E-state index in [1.54, 1.807) is 0 Å². The first-order chi connectivity index (χ1) is 10.4. The van der Waals surface area contributed by atoms with Gasteiger partial charge in [0.25, 0.3) is 0 Å². The number of rotatable bonds is 4. The minimum absolute atomic E-state index is 0.609. The van der Waals surface area contributed by atoms with Gasteiger partial charge in [0.2, 0.25) is 0 Å². The fourth-order valence-corrected chi connectivity index (χ4v) is 3.13. The molecule has 1 saturated heterocycles. The number of nitrogens with zero attached hydrogens (tertiary/aromatic N) is 1. The Kier molecular flexibility index (Phi) is 4.55. The lowest BCUT2D eigenvalue weighted by atomic mass is 10.0. The quantitative estimate of drug-likeness (QED) is 0.865. The van der Waals surface area contributed by atoms with Crippen LogP contribution in [-0.4, -0.2) is 30.6 Å². The van der Waals surface area contributed by atoms with Gasteiger partial charge in [0.05, 0.1) is 6.54 Å². The summed E-state index contributed by atoms with van der Waals surface area (Å²) >= 11 is 0. The zero-order valence-corrected chi connectivity index (χ0v) is 12.4. The van der Waals surface area contributed by atoms with E-state index in [2.05, 4.69) is 58.6 Å². The lowest BCUT2D eigenvalue weighted by Crippen LogP contribution is -2.42. The Bertz CT molecular complexity index is 628. The van der Waals surface area contributed by atoms with Crippen molar-refractivity contribution in [2.24, 2.45) is 0 Å². The van der Waals surface area contributed by atoms with Crippen LogP contribution in [-0.2, 0) is 6.54 Å². The van der Waals surface area contributed by atoms with Crippen molar-refractivity contribution < 1.29 is 0 Å². The molecule has 2 nitrogen and oxygen atoms in total. The van der Waals surface area contributed by atoms with Gasteiger partial charge >= 0.3 is 0 Å². The second kappa shape index (κ2) is 6.76. The third-order valence-corrected chi connectivity index (χ3v) is 4.36. The number of likely N-dealkylation sites (tertiary alicyclic amines) is 1. The van der Waals surface area contributed by atoms with Crippen LogP contribution in [0.1, 0.15) is 18.4 Å². The fraction of sp³-hybridized carbons (Fsp3) is 0.368. The molecule has 0 aliphatic carbocycles. The van der Waals surface area contributed by atoms with E-state index in [-0.39, 0.29) is 0 Å². The van der Waals surface area contributed by atoms with E-state index in [1.165, 1.54) is 29.2 Å². The standard InChI is InChI=1S/C19H22N2/c1-2-12-21-13-10-18(11-14-21)20-15-17-8-5-7-16-6-3-4-9-19(16)17/h1,3-9,18,20H,10-15H2. The van der Waals surface area contributed by atoms with E-state index in [0.717, 1.165) is 26.2 Å². The van der Waals surface area contributed by atoms with Gasteiger partial charge in [-0.05, 0) is 29.2 Å². The van der Waals surface area contributed by atoms with Gasteiger partial charge in [-0.25, -0.2) is 0 Å². The minimum Gasteiger partial charge on any atom is -0.310 e. The van der Waals surface area contributed by atoms with Crippen molar-refractivity contribution in [1.29, 1.82) is 0 Å². The van der Waals surface area contributed by atoms with E-state index in [1.807, 2.05) is 0 Å². The largest absolute Gasteiger partial charge is 0.310 e. The molecule has 0 saturated carbocycles. The summed E-state index contributed by atoms with van der Waals surface area (Å²) in [4.78, 5) is 2.36. The average Bonchev–Trinajstić information content (AvgIpc) is 2.54. The van der Waals surface area contributed by atoms with E-state index in [0.29, 0.717) is 6.04 Å². The summed E-state index contributed by atoms with van der Waals surface area (Å²) in [6.07, 6.45) is 7.75. The van der Waals surface area contributed by atoms with Crippen molar-refractivity contribution in [1.82, 2.24) is 10.2 Å². The third-order valence-electron chi connectivity index (χ3n) is 4.36. The van der Waals surface area contributed by atoms with Gasteiger partial charge in [0, 0.05) is 25.7 Å². The van der Waals surface area contributed by atoms with Gasteiger partial charge in [-0.15, -0.1) is 6.42 Å². The minimum atomic E-state index is 0.609. The summed E-state index contributed by atoms with van der Waals surface area (Å²) < 4.78 is 0. The van der Waals surface area contributed by atoms with Crippen LogP contribution in [0.5, 0.6) is 0 Å². The van der Waals surface area contributed by atoms with Crippen molar-refractivity contribution in [3.63, 3.8) is 0 Å². The molecule has 1 aliphatic heterocycles. The first-order valence-electron chi connectivity index (χ1n) is 7.72. The van der Waals surface area contributed by atoms with E-state index in [4.69, 9.17) is 6.42 Å². The van der Waals surface area contributed by atoms with Crippen LogP contribution in [0.15, 0.2) is 42.5 Å². The van der Waals surface area contributed by atoms with Crippen LogP contribution < -0.4 is 5.32 Å². The van der Waals surface area contributed by atoms with Crippen molar-refractivity contribution >= 4 is 10.8 Å². The molecule has 1 heterocycles. The Labute approximate surface area is 127 Å². The summed E-state index contributed by atoms with van der Waals surface area (Å²) in [6.45, 7) is 3.95. The highest BCUT2D eigenvalue weighted by Crippen LogP contribution is 2.19. The van der Waals surface area contributed by atoms with Crippen LogP contribution in [0.25, 0.3) is 10.8 Å². The van der Waals surface area contributed by atoms with E-state index < -0.39 is 0 Å². The van der Waals surface area contributed by atoms with Crippen LogP contribution in [0.4, 0.5) is 0 Å². The molecule has 0 spiro atoms. The van der Waals surface area contributed by atoms with Gasteiger partial charge in [-0.1, -0.05) is 48.4 Å². The van der Waals surface area contributed by atoms with Gasteiger partial charge in [-0.3, -0.25) is 4.90 Å². The summed E-state index contributed by atoms with van der Waals surface area (Å²) in [6, 6.07) is 15.8. The Hall–Kier alpha value is -1.82. The summed E-state index contributed by atoms with van der Waals surface area (Å²) in [5.74, 6) is 2.74. The molecule has 0 radical (unpaired) electrons. The Morgan fingerprint density at radius 3 is 2.67 bits per heavy atom. The zero-order chi connectivity index (χ0) is 14.5. The predicted octanol–water partition coefficient (Wildman–Crippen LogP) is 3.03. The molecule has 2 aromatic rings. The van der Waals surface area contributed by atoms with Crippen LogP contribution in [0.2, 0.25) is 0 Å². The second-order valence-corrected chi connectivity index (χ2v) is 5.77. The van der Waals surface area contributed by atoms with Crippen LogP contribution in [0, 0.1) is 12.3 Å². The van der Waals surface area contributed by atoms with Gasteiger partial charge in [0.1, 0.15) is 0 Å². The Morgan fingerprint density at radius 1 is 1.10 bits per heavy atom. The highest BCUT2D eigenvalue weighted by molar-refractivity contribution is 5.85. The van der Waals surface area contributed by atoms with Gasteiger partial charge < -0.3 is 5.32 Å². The maximum absolute atomic E-state index is 5.37. The Morgan fingerprint density at radius 2 is 1.86 bits per heavy atom. The highest BCUT2D eigenvalue weighted by atomic mass is 15.1. The maximum atomic E-state index is 5.37. The molecule has 0 bridgehead atoms. The van der Waals surface area contributed by atoms with Crippen molar-refractivity contribution in [3.8, 4) is 12.3 Å². The zero-order valence-electron chi connectivity index (χ0n) is 12.4. The smallest absolute Gasteiger partial charge is 0.0598 e. The summed E-state index contributed by atoms with van der Waals surface area (Å²) in [5, 5.41) is 6.39. The van der Waals surface area contributed by atoms with Crippen molar-refractivity contribution in [3.05, 3.63) is 48.0 Å². The lowest BCUT2D eigenvalue weighted by molar-refractivity contribution is 0.217. The molecule has 0 atom stereocenters. The topological polar surface area (TPSA) is 15.3 Å². The normalized spacial score (nSPS) is 16.9. The summed E-state index contributed by atoms with van der Waals surface area (Å²) in [5.41, 5.74) is 1.39. The Balaban J connectivity index is 1.59. The molecule has 3 rings (SSSR count). The molecule has 1 N–H and O–H groups in total. The highest BCUT2D eigenvalue weighted by Gasteiger charge is 2.17. The molecule has 1 aliphatic rings. The first-order valence-corrected chi connectivity index (χ1v) is 7.72. The molecular formula is C19H22N2. The fourth-order valence-electron chi connectivity index (χ4n) is 3.13. The van der Waals surface area contributed by atoms with E-state index in [9.17, 15) is 0 Å². The molecular weight excluding hydrogens is 256 g/mol. The van der Waals surface area contributed by atoms with E-state index >= 15 is 0 Å². The first kappa shape index (κ1) is 14.1. The number of nitrogens with one attached hydrogen (secondary N) is 1. The van der Waals surface area contributed by atoms with Gasteiger partial charge in [0.15, 0.2) is 0 Å². The SMILES string of the molecule is C#CCN1CCC(NCc2cccc3ccccc23)CC1. The van der Waals surface area contributed by atoms with Crippen LogP contribution in [0.3, 0.4) is 0 Å². The summed E-state index contributed by atoms with van der Waals surface area (Å²) in [7, 11) is 0. The number of piperidine rings is 1. The monoisotopic (exact) mass is 278 g/mol. The number of terminal acetylenes is 1. The maximum Gasteiger partial charge on any atom is 0.0598 e. The molecule has 2 aromatic carbocycles. The molecule has 1 fully saturated rings. The number of hydrogen-bond donors (Lipinski definition) is 1. The van der Waals surface area contributed by atoms with Crippen LogP contribution >= 0.6 is 0 Å². The predicted molar refractivity (Wildman–Crippen MR) is 89.1 cm³/mol. The molecule has 2 heteroatoms. The average molecular weight is 278 g/mol. The number of fused-ring (bicyclic) bond motifs is 1. The van der Waals surface area contributed by atoms with Crippen molar-refractivity contribution in [2.45, 2.75) is 25.4 Å². The molecule has 0 aromatic heterocycles. The molecule has 0 unspecified atom stereocenters.